The summed E-state index contributed by atoms with van der Waals surface area (Å²) in [5.41, 5.74) is 1.31. The summed E-state index contributed by atoms with van der Waals surface area (Å²) < 4.78 is 18.5. The molecule has 0 aliphatic carbocycles. The van der Waals surface area contributed by atoms with Crippen molar-refractivity contribution in [2.45, 2.75) is 18.4 Å². The molecule has 3 rings (SSSR count). The van der Waals surface area contributed by atoms with E-state index in [1.807, 2.05) is 23.9 Å². The molecule has 0 aromatic heterocycles. The minimum Gasteiger partial charge on any atom is -0.379 e. The number of benzene rings is 1. The van der Waals surface area contributed by atoms with E-state index >= 15 is 0 Å². The minimum atomic E-state index is -0.193. The maximum atomic E-state index is 13.0. The van der Waals surface area contributed by atoms with Crippen LogP contribution in [0.15, 0.2) is 29.3 Å². The Hall–Kier alpha value is -0.580. The lowest BCUT2D eigenvalue weighted by molar-refractivity contribution is -0.0120. The molecule has 1 atom stereocenters. The Kier molecular flexibility index (Phi) is 9.61. The number of rotatable bonds is 6. The van der Waals surface area contributed by atoms with Crippen molar-refractivity contribution in [2.75, 3.05) is 57.9 Å². The standard InChI is InChI=1S/C19H29FN4OS.HI/c1-21-18(22-8-6-16-2-4-17(20)5-3-16)23-14-19(7-13-26-15-19)24-9-11-25-12-10-24;/h2-5H,6-15H2,1H3,(H2,21,22,23);1H. The average Bonchev–Trinajstić information content (AvgIpc) is 3.17. The molecular weight excluding hydrogens is 478 g/mol. The first-order chi connectivity index (χ1) is 12.7. The molecule has 1 aromatic carbocycles. The number of hydrogen-bond acceptors (Lipinski definition) is 4. The minimum absolute atomic E-state index is 0. The normalized spacial score (nSPS) is 23.7. The predicted molar refractivity (Wildman–Crippen MR) is 122 cm³/mol. The van der Waals surface area contributed by atoms with Gasteiger partial charge in [0.2, 0.25) is 0 Å². The van der Waals surface area contributed by atoms with Crippen molar-refractivity contribution in [3.63, 3.8) is 0 Å². The van der Waals surface area contributed by atoms with Crippen LogP contribution in [0.5, 0.6) is 0 Å². The third kappa shape index (κ3) is 6.47. The van der Waals surface area contributed by atoms with Gasteiger partial charge in [0, 0.05) is 44.5 Å². The SMILES string of the molecule is CN=C(NCCc1ccc(F)cc1)NCC1(N2CCOCC2)CCSC1.I. The molecule has 2 fully saturated rings. The molecule has 27 heavy (non-hydrogen) atoms. The molecule has 2 N–H and O–H groups in total. The molecule has 0 bridgehead atoms. The summed E-state index contributed by atoms with van der Waals surface area (Å²) in [6.07, 6.45) is 2.04. The van der Waals surface area contributed by atoms with Gasteiger partial charge in [0.25, 0.3) is 0 Å². The van der Waals surface area contributed by atoms with E-state index in [0.29, 0.717) is 0 Å². The fourth-order valence-electron chi connectivity index (χ4n) is 3.58. The second-order valence-electron chi connectivity index (χ2n) is 6.86. The molecule has 2 saturated heterocycles. The smallest absolute Gasteiger partial charge is 0.191 e. The molecule has 0 radical (unpaired) electrons. The monoisotopic (exact) mass is 508 g/mol. The topological polar surface area (TPSA) is 48.9 Å². The highest BCUT2D eigenvalue weighted by atomic mass is 127. The molecule has 0 spiro atoms. The van der Waals surface area contributed by atoms with E-state index in [1.165, 1.54) is 24.3 Å². The molecule has 1 aromatic rings. The van der Waals surface area contributed by atoms with Crippen molar-refractivity contribution >= 4 is 41.7 Å². The molecule has 2 heterocycles. The highest BCUT2D eigenvalue weighted by Gasteiger charge is 2.40. The third-order valence-corrected chi connectivity index (χ3v) is 6.43. The summed E-state index contributed by atoms with van der Waals surface area (Å²) in [6, 6.07) is 6.67. The van der Waals surface area contributed by atoms with E-state index < -0.39 is 0 Å². The van der Waals surface area contributed by atoms with Crippen LogP contribution in [-0.2, 0) is 11.2 Å². The van der Waals surface area contributed by atoms with Gasteiger partial charge in [-0.3, -0.25) is 9.89 Å². The second-order valence-corrected chi connectivity index (χ2v) is 7.96. The molecule has 152 valence electrons. The van der Waals surface area contributed by atoms with Crippen LogP contribution in [0.25, 0.3) is 0 Å². The Bertz CT molecular complexity index is 590. The number of guanidine groups is 1. The zero-order chi connectivity index (χ0) is 18.2. The summed E-state index contributed by atoms with van der Waals surface area (Å²) in [7, 11) is 1.80. The van der Waals surface area contributed by atoms with E-state index in [2.05, 4.69) is 20.5 Å². The summed E-state index contributed by atoms with van der Waals surface area (Å²) in [5.74, 6) is 3.01. The van der Waals surface area contributed by atoms with Gasteiger partial charge in [0.15, 0.2) is 5.96 Å². The van der Waals surface area contributed by atoms with Crippen LogP contribution >= 0.6 is 35.7 Å². The van der Waals surface area contributed by atoms with Gasteiger partial charge < -0.3 is 15.4 Å². The first-order valence-electron chi connectivity index (χ1n) is 9.31. The summed E-state index contributed by atoms with van der Waals surface area (Å²) in [6.45, 7) is 5.35. The number of nitrogens with zero attached hydrogens (tertiary/aromatic N) is 2. The first-order valence-corrected chi connectivity index (χ1v) is 10.5. The fraction of sp³-hybridized carbons (Fsp3) is 0.632. The summed E-state index contributed by atoms with van der Waals surface area (Å²) in [4.78, 5) is 6.95. The maximum Gasteiger partial charge on any atom is 0.191 e. The highest BCUT2D eigenvalue weighted by molar-refractivity contribution is 14.0. The van der Waals surface area contributed by atoms with Crippen molar-refractivity contribution in [1.29, 1.82) is 0 Å². The number of morpholine rings is 1. The Morgan fingerprint density at radius 3 is 2.63 bits per heavy atom. The Balaban J connectivity index is 0.00000261. The molecule has 0 saturated carbocycles. The number of halogens is 2. The maximum absolute atomic E-state index is 13.0. The van der Waals surface area contributed by atoms with Gasteiger partial charge in [-0.05, 0) is 36.3 Å². The number of hydrogen-bond donors (Lipinski definition) is 2. The number of thioether (sulfide) groups is 1. The van der Waals surface area contributed by atoms with Crippen molar-refractivity contribution < 1.29 is 9.13 Å². The average molecular weight is 508 g/mol. The van der Waals surface area contributed by atoms with Gasteiger partial charge in [-0.2, -0.15) is 11.8 Å². The zero-order valence-electron chi connectivity index (χ0n) is 15.9. The van der Waals surface area contributed by atoms with Gasteiger partial charge in [-0.25, -0.2) is 4.39 Å². The first kappa shape index (κ1) is 22.7. The number of aliphatic imine (C=N–C) groups is 1. The van der Waals surface area contributed by atoms with Gasteiger partial charge >= 0.3 is 0 Å². The van der Waals surface area contributed by atoms with E-state index in [-0.39, 0.29) is 35.3 Å². The fourth-order valence-corrected chi connectivity index (χ4v) is 5.06. The van der Waals surface area contributed by atoms with Crippen molar-refractivity contribution in [1.82, 2.24) is 15.5 Å². The van der Waals surface area contributed by atoms with Gasteiger partial charge in [0.05, 0.1) is 13.2 Å². The lowest BCUT2D eigenvalue weighted by Gasteiger charge is -2.43. The quantitative estimate of drug-likeness (QED) is 0.351. The largest absolute Gasteiger partial charge is 0.379 e. The van der Waals surface area contributed by atoms with Gasteiger partial charge in [0.1, 0.15) is 5.82 Å². The highest BCUT2D eigenvalue weighted by Crippen LogP contribution is 2.33. The summed E-state index contributed by atoms with van der Waals surface area (Å²) in [5, 5.41) is 6.90. The van der Waals surface area contributed by atoms with Crippen molar-refractivity contribution in [3.8, 4) is 0 Å². The molecule has 2 aliphatic rings. The van der Waals surface area contributed by atoms with Gasteiger partial charge in [-0.1, -0.05) is 12.1 Å². The number of ether oxygens (including phenoxy) is 1. The van der Waals surface area contributed by atoms with Crippen LogP contribution in [0.1, 0.15) is 12.0 Å². The zero-order valence-corrected chi connectivity index (χ0v) is 19.0. The van der Waals surface area contributed by atoms with Crippen molar-refractivity contribution in [3.05, 3.63) is 35.6 Å². The van der Waals surface area contributed by atoms with E-state index in [9.17, 15) is 4.39 Å². The molecule has 0 amide bonds. The van der Waals surface area contributed by atoms with Crippen LogP contribution in [0.4, 0.5) is 4.39 Å². The van der Waals surface area contributed by atoms with Crippen molar-refractivity contribution in [2.24, 2.45) is 4.99 Å². The Morgan fingerprint density at radius 1 is 1.26 bits per heavy atom. The lowest BCUT2D eigenvalue weighted by Crippen LogP contribution is -2.60. The van der Waals surface area contributed by atoms with Crippen LogP contribution in [0.3, 0.4) is 0 Å². The van der Waals surface area contributed by atoms with Crippen LogP contribution in [-0.4, -0.2) is 74.3 Å². The van der Waals surface area contributed by atoms with Gasteiger partial charge in [-0.15, -0.1) is 24.0 Å². The van der Waals surface area contributed by atoms with E-state index in [0.717, 1.165) is 63.1 Å². The Morgan fingerprint density at radius 2 is 2.00 bits per heavy atom. The van der Waals surface area contributed by atoms with E-state index in [1.54, 1.807) is 7.05 Å². The van der Waals surface area contributed by atoms with E-state index in [4.69, 9.17) is 4.74 Å². The Labute approximate surface area is 182 Å². The number of nitrogens with one attached hydrogen (secondary N) is 2. The van der Waals surface area contributed by atoms with Crippen LogP contribution < -0.4 is 10.6 Å². The second kappa shape index (κ2) is 11.4. The summed E-state index contributed by atoms with van der Waals surface area (Å²) >= 11 is 2.04. The molecule has 1 unspecified atom stereocenters. The third-order valence-electron chi connectivity index (χ3n) is 5.19. The molecule has 5 nitrogen and oxygen atoms in total. The molecule has 2 aliphatic heterocycles. The lowest BCUT2D eigenvalue weighted by atomic mass is 9.95. The molecule has 8 heteroatoms. The predicted octanol–water partition coefficient (Wildman–Crippen LogP) is 2.36. The van der Waals surface area contributed by atoms with Crippen LogP contribution in [0, 0.1) is 5.82 Å². The van der Waals surface area contributed by atoms with Crippen LogP contribution in [0.2, 0.25) is 0 Å². The molecular formula is C19H30FIN4OS.